The number of carbonyl (C=O) groups excluding carboxylic acids is 1. The quantitative estimate of drug-likeness (QED) is 0.497. The maximum atomic E-state index is 13.0. The van der Waals surface area contributed by atoms with Gasteiger partial charge < -0.3 is 20.1 Å². The molecule has 6 nitrogen and oxygen atoms in total. The molecule has 1 fully saturated rings. The normalized spacial score (nSPS) is 15.8. The Morgan fingerprint density at radius 2 is 1.90 bits per heavy atom. The standard InChI is InChI=1S/C24H25N5OS/c1-28-9-11-29(12-10-28)24(30)22-14-18-13-19(7-8-21(18)31-22)27-23(20-15-25-16-26-20)17-5-3-2-4-6-17/h2-8,13-16,23,27H,9-12H2,1H3,(H,25,26). The first-order chi connectivity index (χ1) is 15.2. The summed E-state index contributed by atoms with van der Waals surface area (Å²) in [4.78, 5) is 25.4. The lowest BCUT2D eigenvalue weighted by Gasteiger charge is -2.32. The van der Waals surface area contributed by atoms with Gasteiger partial charge in [-0.1, -0.05) is 30.3 Å². The number of hydrogen-bond donors (Lipinski definition) is 2. The molecule has 1 amide bonds. The van der Waals surface area contributed by atoms with E-state index in [1.54, 1.807) is 17.7 Å². The number of aromatic amines is 1. The fourth-order valence-electron chi connectivity index (χ4n) is 3.98. The predicted molar refractivity (Wildman–Crippen MR) is 126 cm³/mol. The van der Waals surface area contributed by atoms with Crippen LogP contribution in [0.5, 0.6) is 0 Å². The minimum atomic E-state index is -0.0359. The third kappa shape index (κ3) is 4.19. The Hall–Kier alpha value is -3.16. The van der Waals surface area contributed by atoms with Crippen LogP contribution in [-0.4, -0.2) is 58.9 Å². The zero-order valence-corrected chi connectivity index (χ0v) is 18.2. The first-order valence-electron chi connectivity index (χ1n) is 10.5. The van der Waals surface area contributed by atoms with Crippen LogP contribution in [0.2, 0.25) is 0 Å². The molecule has 0 radical (unpaired) electrons. The number of hydrogen-bond acceptors (Lipinski definition) is 5. The second kappa shape index (κ2) is 8.53. The molecule has 5 rings (SSSR count). The first kappa shape index (κ1) is 19.8. The highest BCUT2D eigenvalue weighted by atomic mass is 32.1. The lowest BCUT2D eigenvalue weighted by Crippen LogP contribution is -2.46. The predicted octanol–water partition coefficient (Wildman–Crippen LogP) is 4.21. The zero-order valence-electron chi connectivity index (χ0n) is 17.4. The van der Waals surface area contributed by atoms with Crippen LogP contribution in [0.3, 0.4) is 0 Å². The lowest BCUT2D eigenvalue weighted by molar-refractivity contribution is 0.0669. The first-order valence-corrected chi connectivity index (χ1v) is 11.3. The summed E-state index contributed by atoms with van der Waals surface area (Å²) in [5.41, 5.74) is 3.16. The number of likely N-dealkylation sites (N-methyl/N-ethyl adjacent to an activating group) is 1. The molecule has 2 N–H and O–H groups in total. The number of nitrogens with one attached hydrogen (secondary N) is 2. The number of nitrogens with zero attached hydrogens (tertiary/aromatic N) is 3. The van der Waals surface area contributed by atoms with E-state index < -0.39 is 0 Å². The number of carbonyl (C=O) groups is 1. The van der Waals surface area contributed by atoms with Gasteiger partial charge in [0.1, 0.15) is 0 Å². The number of rotatable bonds is 5. The van der Waals surface area contributed by atoms with Crippen molar-refractivity contribution < 1.29 is 4.79 Å². The van der Waals surface area contributed by atoms with Crippen molar-refractivity contribution in [2.75, 3.05) is 38.5 Å². The van der Waals surface area contributed by atoms with Crippen molar-refractivity contribution in [1.29, 1.82) is 0 Å². The van der Waals surface area contributed by atoms with Gasteiger partial charge in [-0.05, 0) is 42.3 Å². The van der Waals surface area contributed by atoms with Crippen LogP contribution in [0, 0.1) is 0 Å². The van der Waals surface area contributed by atoms with Crippen molar-refractivity contribution in [3.05, 3.63) is 83.3 Å². The summed E-state index contributed by atoms with van der Waals surface area (Å²) in [5.74, 6) is 0.142. The largest absolute Gasteiger partial charge is 0.373 e. The number of imidazole rings is 1. The molecule has 1 unspecified atom stereocenters. The molecule has 1 aliphatic rings. The molecule has 0 saturated carbocycles. The van der Waals surface area contributed by atoms with Crippen molar-refractivity contribution in [2.24, 2.45) is 0 Å². The summed E-state index contributed by atoms with van der Waals surface area (Å²) in [5, 5.41) is 4.72. The zero-order chi connectivity index (χ0) is 21.2. The topological polar surface area (TPSA) is 64.3 Å². The van der Waals surface area contributed by atoms with E-state index in [1.807, 2.05) is 35.4 Å². The number of thiophene rings is 1. The van der Waals surface area contributed by atoms with Crippen LogP contribution in [0.25, 0.3) is 10.1 Å². The van der Waals surface area contributed by atoms with E-state index in [1.165, 1.54) is 0 Å². The van der Waals surface area contributed by atoms with E-state index >= 15 is 0 Å². The summed E-state index contributed by atoms with van der Waals surface area (Å²) >= 11 is 1.57. The van der Waals surface area contributed by atoms with E-state index in [4.69, 9.17) is 0 Å². The average Bonchev–Trinajstić information content (AvgIpc) is 3.48. The van der Waals surface area contributed by atoms with Crippen molar-refractivity contribution in [3.8, 4) is 0 Å². The maximum Gasteiger partial charge on any atom is 0.264 e. The second-order valence-electron chi connectivity index (χ2n) is 7.95. The van der Waals surface area contributed by atoms with Crippen LogP contribution in [0.1, 0.15) is 27.0 Å². The van der Waals surface area contributed by atoms with Gasteiger partial charge in [0.15, 0.2) is 0 Å². The van der Waals surface area contributed by atoms with Crippen molar-refractivity contribution in [1.82, 2.24) is 19.8 Å². The number of anilines is 1. The van der Waals surface area contributed by atoms with Crippen LogP contribution in [0.15, 0.2) is 67.1 Å². The Morgan fingerprint density at radius 3 is 2.65 bits per heavy atom. The molecule has 0 spiro atoms. The van der Waals surface area contributed by atoms with Crippen molar-refractivity contribution in [3.63, 3.8) is 0 Å². The molecule has 2 aromatic carbocycles. The number of H-pyrrole nitrogens is 1. The molecule has 4 aromatic rings. The van der Waals surface area contributed by atoms with Crippen LogP contribution >= 0.6 is 11.3 Å². The van der Waals surface area contributed by atoms with Crippen molar-refractivity contribution >= 4 is 33.0 Å². The second-order valence-corrected chi connectivity index (χ2v) is 9.04. The third-order valence-corrected chi connectivity index (χ3v) is 6.90. The highest BCUT2D eigenvalue weighted by Crippen LogP contribution is 2.32. The molecule has 0 aliphatic carbocycles. The molecule has 7 heteroatoms. The molecule has 158 valence electrons. The van der Waals surface area contributed by atoms with Crippen molar-refractivity contribution in [2.45, 2.75) is 6.04 Å². The monoisotopic (exact) mass is 431 g/mol. The Balaban J connectivity index is 1.40. The van der Waals surface area contributed by atoms with E-state index in [-0.39, 0.29) is 11.9 Å². The van der Waals surface area contributed by atoms with Gasteiger partial charge in [-0.15, -0.1) is 11.3 Å². The molecule has 2 aromatic heterocycles. The molecule has 3 heterocycles. The molecule has 1 saturated heterocycles. The maximum absolute atomic E-state index is 13.0. The van der Waals surface area contributed by atoms with Crippen LogP contribution in [-0.2, 0) is 0 Å². The van der Waals surface area contributed by atoms with Gasteiger partial charge in [-0.25, -0.2) is 4.98 Å². The average molecular weight is 432 g/mol. The van der Waals surface area contributed by atoms with Crippen LogP contribution < -0.4 is 5.32 Å². The van der Waals surface area contributed by atoms with Crippen LogP contribution in [0.4, 0.5) is 5.69 Å². The number of piperazine rings is 1. The summed E-state index contributed by atoms with van der Waals surface area (Å²) in [6, 6.07) is 18.6. The summed E-state index contributed by atoms with van der Waals surface area (Å²) in [6.07, 6.45) is 3.55. The number of aromatic nitrogens is 2. The van der Waals surface area contributed by atoms with E-state index in [2.05, 4.69) is 57.6 Å². The number of fused-ring (bicyclic) bond motifs is 1. The summed E-state index contributed by atoms with van der Waals surface area (Å²) in [6.45, 7) is 3.44. The van der Waals surface area contributed by atoms with E-state index in [0.717, 1.165) is 58.1 Å². The molecule has 31 heavy (non-hydrogen) atoms. The Bertz CT molecular complexity index is 1160. The third-order valence-electron chi connectivity index (χ3n) is 5.79. The highest BCUT2D eigenvalue weighted by Gasteiger charge is 2.22. The van der Waals surface area contributed by atoms with E-state index in [0.29, 0.717) is 0 Å². The summed E-state index contributed by atoms with van der Waals surface area (Å²) < 4.78 is 1.13. The highest BCUT2D eigenvalue weighted by molar-refractivity contribution is 7.20. The Labute approximate surface area is 185 Å². The molecule has 1 aliphatic heterocycles. The molecule has 0 bridgehead atoms. The lowest BCUT2D eigenvalue weighted by atomic mass is 10.0. The fourth-order valence-corrected chi connectivity index (χ4v) is 4.99. The smallest absolute Gasteiger partial charge is 0.264 e. The van der Waals surface area contributed by atoms with Gasteiger partial charge in [-0.2, -0.15) is 0 Å². The molecular weight excluding hydrogens is 406 g/mol. The SMILES string of the molecule is CN1CCN(C(=O)c2cc3cc(NC(c4ccccc4)c4cnc[nH]4)ccc3s2)CC1. The van der Waals surface area contributed by atoms with E-state index in [9.17, 15) is 4.79 Å². The van der Waals surface area contributed by atoms with Gasteiger partial charge in [0.2, 0.25) is 0 Å². The Morgan fingerprint density at radius 1 is 1.10 bits per heavy atom. The van der Waals surface area contributed by atoms with Gasteiger partial charge in [0.25, 0.3) is 5.91 Å². The molecular formula is C24H25N5OS. The Kier molecular flexibility index (Phi) is 5.44. The fraction of sp³-hybridized carbons (Fsp3) is 0.250. The van der Waals surface area contributed by atoms with Gasteiger partial charge in [-0.3, -0.25) is 4.79 Å². The number of amides is 1. The minimum Gasteiger partial charge on any atom is -0.373 e. The van der Waals surface area contributed by atoms with Gasteiger partial charge in [0.05, 0.1) is 29.1 Å². The van der Waals surface area contributed by atoms with Gasteiger partial charge in [0, 0.05) is 36.6 Å². The summed E-state index contributed by atoms with van der Waals surface area (Å²) in [7, 11) is 2.10. The molecule has 1 atom stereocenters. The number of benzene rings is 2. The minimum absolute atomic E-state index is 0.0359. The van der Waals surface area contributed by atoms with Gasteiger partial charge >= 0.3 is 0 Å².